The van der Waals surface area contributed by atoms with E-state index in [9.17, 15) is 4.79 Å². The lowest BCUT2D eigenvalue weighted by atomic mass is 10.00. The monoisotopic (exact) mass is 218 g/mol. The molecular weight excluding hydrogens is 196 g/mol. The van der Waals surface area contributed by atoms with Gasteiger partial charge < -0.3 is 20.5 Å². The van der Waals surface area contributed by atoms with E-state index in [0.29, 0.717) is 0 Å². The van der Waals surface area contributed by atoms with E-state index in [1.54, 1.807) is 7.11 Å². The van der Waals surface area contributed by atoms with Crippen LogP contribution in [0.5, 0.6) is 0 Å². The Labute approximate surface area is 91.2 Å². The Bertz CT molecular complexity index is 195. The summed E-state index contributed by atoms with van der Waals surface area (Å²) in [7, 11) is 1.65. The van der Waals surface area contributed by atoms with E-state index in [2.05, 4.69) is 10.6 Å². The standard InChI is InChI=1S/C10H22N2O3/c1-8(7-10(2,3)15-4)12-9(14)11-5-6-13/h8,13H,5-7H2,1-4H3,(H2,11,12,14). The topological polar surface area (TPSA) is 70.6 Å². The summed E-state index contributed by atoms with van der Waals surface area (Å²) in [5, 5.41) is 13.8. The first-order valence-corrected chi connectivity index (χ1v) is 5.11. The molecule has 0 heterocycles. The molecule has 0 bridgehead atoms. The number of rotatable bonds is 6. The van der Waals surface area contributed by atoms with Crippen molar-refractivity contribution in [2.24, 2.45) is 0 Å². The van der Waals surface area contributed by atoms with Gasteiger partial charge in [-0.25, -0.2) is 4.79 Å². The molecule has 0 aromatic rings. The van der Waals surface area contributed by atoms with Crippen molar-refractivity contribution in [2.75, 3.05) is 20.3 Å². The van der Waals surface area contributed by atoms with Crippen molar-refractivity contribution in [1.29, 1.82) is 0 Å². The molecule has 0 saturated heterocycles. The highest BCUT2D eigenvalue weighted by atomic mass is 16.5. The molecule has 0 aliphatic heterocycles. The molecule has 0 aliphatic carbocycles. The molecule has 5 nitrogen and oxygen atoms in total. The van der Waals surface area contributed by atoms with Crippen LogP contribution in [0.2, 0.25) is 0 Å². The zero-order valence-electron chi connectivity index (χ0n) is 9.96. The molecule has 0 aliphatic rings. The van der Waals surface area contributed by atoms with Gasteiger partial charge in [0.1, 0.15) is 0 Å². The summed E-state index contributed by atoms with van der Waals surface area (Å²) >= 11 is 0. The number of aliphatic hydroxyl groups is 1. The zero-order valence-corrected chi connectivity index (χ0v) is 9.96. The van der Waals surface area contributed by atoms with Crippen LogP contribution in [0.1, 0.15) is 27.2 Å². The summed E-state index contributed by atoms with van der Waals surface area (Å²) in [5.74, 6) is 0. The van der Waals surface area contributed by atoms with Gasteiger partial charge in [-0.05, 0) is 27.2 Å². The normalized spacial score (nSPS) is 13.4. The Balaban J connectivity index is 3.82. The van der Waals surface area contributed by atoms with Crippen LogP contribution in [0, 0.1) is 0 Å². The lowest BCUT2D eigenvalue weighted by molar-refractivity contribution is 0.00949. The van der Waals surface area contributed by atoms with E-state index < -0.39 is 0 Å². The second-order valence-electron chi connectivity index (χ2n) is 4.19. The number of methoxy groups -OCH3 is 1. The summed E-state index contributed by atoms with van der Waals surface area (Å²) in [5.41, 5.74) is -0.246. The molecule has 1 atom stereocenters. The maximum absolute atomic E-state index is 11.2. The fourth-order valence-electron chi connectivity index (χ4n) is 1.32. The summed E-state index contributed by atoms with van der Waals surface area (Å²) in [6.45, 7) is 6.07. The van der Waals surface area contributed by atoms with Gasteiger partial charge in [0.25, 0.3) is 0 Å². The van der Waals surface area contributed by atoms with Gasteiger partial charge in [0, 0.05) is 19.7 Å². The minimum Gasteiger partial charge on any atom is -0.395 e. The van der Waals surface area contributed by atoms with E-state index in [0.717, 1.165) is 6.42 Å². The fourth-order valence-corrected chi connectivity index (χ4v) is 1.32. The van der Waals surface area contributed by atoms with Crippen LogP contribution in [-0.4, -0.2) is 43.0 Å². The lowest BCUT2D eigenvalue weighted by Gasteiger charge is -2.27. The zero-order chi connectivity index (χ0) is 11.9. The Morgan fingerprint density at radius 2 is 2.13 bits per heavy atom. The number of amides is 2. The second kappa shape index (κ2) is 6.63. The van der Waals surface area contributed by atoms with E-state index in [1.165, 1.54) is 0 Å². The molecule has 0 fully saturated rings. The maximum Gasteiger partial charge on any atom is 0.315 e. The molecule has 0 radical (unpaired) electrons. The van der Waals surface area contributed by atoms with Gasteiger partial charge >= 0.3 is 6.03 Å². The number of aliphatic hydroxyl groups excluding tert-OH is 1. The fraction of sp³-hybridized carbons (Fsp3) is 0.900. The summed E-state index contributed by atoms with van der Waals surface area (Å²) in [4.78, 5) is 11.2. The van der Waals surface area contributed by atoms with Crippen molar-refractivity contribution in [1.82, 2.24) is 10.6 Å². The van der Waals surface area contributed by atoms with Crippen molar-refractivity contribution < 1.29 is 14.6 Å². The maximum atomic E-state index is 11.2. The van der Waals surface area contributed by atoms with Crippen LogP contribution in [0.4, 0.5) is 4.79 Å². The molecule has 2 amide bonds. The van der Waals surface area contributed by atoms with Crippen molar-refractivity contribution in [3.05, 3.63) is 0 Å². The smallest absolute Gasteiger partial charge is 0.315 e. The lowest BCUT2D eigenvalue weighted by Crippen LogP contribution is -2.44. The molecule has 15 heavy (non-hydrogen) atoms. The molecule has 1 unspecified atom stereocenters. The number of ether oxygens (including phenoxy) is 1. The van der Waals surface area contributed by atoms with Crippen LogP contribution in [0.25, 0.3) is 0 Å². The number of urea groups is 1. The van der Waals surface area contributed by atoms with E-state index >= 15 is 0 Å². The van der Waals surface area contributed by atoms with Gasteiger partial charge in [0.15, 0.2) is 0 Å². The third-order valence-electron chi connectivity index (χ3n) is 2.13. The first-order chi connectivity index (χ1) is 6.91. The number of carbonyl (C=O) groups is 1. The van der Waals surface area contributed by atoms with Crippen LogP contribution >= 0.6 is 0 Å². The SMILES string of the molecule is COC(C)(C)CC(C)NC(=O)NCCO. The molecule has 3 N–H and O–H groups in total. The van der Waals surface area contributed by atoms with Crippen molar-refractivity contribution in [2.45, 2.75) is 38.8 Å². The minimum absolute atomic E-state index is 0.0265. The average Bonchev–Trinajstić information content (AvgIpc) is 2.13. The largest absolute Gasteiger partial charge is 0.395 e. The van der Waals surface area contributed by atoms with Crippen LogP contribution < -0.4 is 10.6 Å². The van der Waals surface area contributed by atoms with Crippen LogP contribution in [-0.2, 0) is 4.74 Å². The first-order valence-electron chi connectivity index (χ1n) is 5.11. The molecule has 0 aromatic carbocycles. The summed E-state index contributed by atoms with van der Waals surface area (Å²) in [6.07, 6.45) is 0.732. The second-order valence-corrected chi connectivity index (χ2v) is 4.19. The average molecular weight is 218 g/mol. The minimum atomic E-state index is -0.261. The summed E-state index contributed by atoms with van der Waals surface area (Å²) < 4.78 is 5.26. The predicted octanol–water partition coefficient (Wildman–Crippen LogP) is 0.481. The molecule has 90 valence electrons. The van der Waals surface area contributed by atoms with Gasteiger partial charge in [0.2, 0.25) is 0 Å². The van der Waals surface area contributed by atoms with E-state index in [-0.39, 0.29) is 30.8 Å². The predicted molar refractivity (Wildman–Crippen MR) is 58.8 cm³/mol. The Morgan fingerprint density at radius 1 is 1.53 bits per heavy atom. The van der Waals surface area contributed by atoms with Crippen molar-refractivity contribution in [3.63, 3.8) is 0 Å². The first kappa shape index (κ1) is 14.2. The quantitative estimate of drug-likeness (QED) is 0.607. The third-order valence-corrected chi connectivity index (χ3v) is 2.13. The Hall–Kier alpha value is -0.810. The number of hydrogen-bond donors (Lipinski definition) is 3. The number of nitrogens with one attached hydrogen (secondary N) is 2. The highest BCUT2D eigenvalue weighted by Gasteiger charge is 2.20. The van der Waals surface area contributed by atoms with Gasteiger partial charge in [-0.3, -0.25) is 0 Å². The van der Waals surface area contributed by atoms with Crippen LogP contribution in [0.3, 0.4) is 0 Å². The molecule has 0 aromatic heterocycles. The molecule has 0 spiro atoms. The molecule has 0 rings (SSSR count). The highest BCUT2D eigenvalue weighted by Crippen LogP contribution is 2.14. The van der Waals surface area contributed by atoms with Gasteiger partial charge in [-0.1, -0.05) is 0 Å². The Kier molecular flexibility index (Phi) is 6.27. The van der Waals surface area contributed by atoms with Gasteiger partial charge in [-0.2, -0.15) is 0 Å². The number of carbonyl (C=O) groups excluding carboxylic acids is 1. The molecule has 0 saturated carbocycles. The molecule has 5 heteroatoms. The number of hydrogen-bond acceptors (Lipinski definition) is 3. The van der Waals surface area contributed by atoms with Crippen LogP contribution in [0.15, 0.2) is 0 Å². The van der Waals surface area contributed by atoms with Gasteiger partial charge in [0.05, 0.1) is 12.2 Å². The van der Waals surface area contributed by atoms with Gasteiger partial charge in [-0.15, -0.1) is 0 Å². The van der Waals surface area contributed by atoms with E-state index in [4.69, 9.17) is 9.84 Å². The van der Waals surface area contributed by atoms with Crippen molar-refractivity contribution >= 4 is 6.03 Å². The Morgan fingerprint density at radius 3 is 2.60 bits per heavy atom. The van der Waals surface area contributed by atoms with E-state index in [1.807, 2.05) is 20.8 Å². The third kappa shape index (κ3) is 7.16. The summed E-state index contributed by atoms with van der Waals surface area (Å²) in [6, 6.07) is -0.234. The highest BCUT2D eigenvalue weighted by molar-refractivity contribution is 5.74. The molecular formula is C10H22N2O3. The van der Waals surface area contributed by atoms with Crippen molar-refractivity contribution in [3.8, 4) is 0 Å².